The van der Waals surface area contributed by atoms with Crippen LogP contribution in [0.25, 0.3) is 5.57 Å². The molecule has 0 aliphatic carbocycles. The number of nitrogens with one attached hydrogen (secondary N) is 1. The summed E-state index contributed by atoms with van der Waals surface area (Å²) >= 11 is 6.57. The lowest BCUT2D eigenvalue weighted by Crippen LogP contribution is -2.45. The summed E-state index contributed by atoms with van der Waals surface area (Å²) in [6.07, 6.45) is 5.04. The highest BCUT2D eigenvalue weighted by Gasteiger charge is 2.31. The molecule has 0 amide bonds. The van der Waals surface area contributed by atoms with Gasteiger partial charge >= 0.3 is 5.97 Å². The first kappa shape index (κ1) is 20.9. The number of anilines is 2. The van der Waals surface area contributed by atoms with Gasteiger partial charge in [0, 0.05) is 23.4 Å². The Bertz CT molecular complexity index is 978. The van der Waals surface area contributed by atoms with Crippen LogP contribution in [-0.2, 0) is 0 Å². The molecule has 0 aromatic heterocycles. The molecule has 29 heavy (non-hydrogen) atoms. The molecule has 5 nitrogen and oxygen atoms in total. The highest BCUT2D eigenvalue weighted by Crippen LogP contribution is 2.41. The second-order valence-corrected chi connectivity index (χ2v) is 8.18. The Balaban J connectivity index is 1.85. The predicted molar refractivity (Wildman–Crippen MR) is 121 cm³/mol. The van der Waals surface area contributed by atoms with E-state index in [-0.39, 0.29) is 11.1 Å². The van der Waals surface area contributed by atoms with Crippen LogP contribution in [-0.4, -0.2) is 29.4 Å². The van der Waals surface area contributed by atoms with Crippen LogP contribution in [0.1, 0.15) is 55.6 Å². The maximum absolute atomic E-state index is 10.9. The number of nitrogens with zero attached hydrogens (tertiary/aromatic N) is 2. The molecule has 0 unspecified atom stereocenters. The van der Waals surface area contributed by atoms with Crippen molar-refractivity contribution >= 4 is 40.7 Å². The van der Waals surface area contributed by atoms with Gasteiger partial charge in [-0.1, -0.05) is 24.6 Å². The van der Waals surface area contributed by atoms with Crippen molar-refractivity contribution < 1.29 is 9.90 Å². The van der Waals surface area contributed by atoms with E-state index >= 15 is 0 Å². The molecule has 0 fully saturated rings. The van der Waals surface area contributed by atoms with Gasteiger partial charge in [-0.2, -0.15) is 5.10 Å². The highest BCUT2D eigenvalue weighted by molar-refractivity contribution is 6.33. The van der Waals surface area contributed by atoms with Crippen LogP contribution in [0.4, 0.5) is 11.4 Å². The van der Waals surface area contributed by atoms with Crippen LogP contribution in [0.5, 0.6) is 0 Å². The zero-order valence-electron chi connectivity index (χ0n) is 17.2. The first-order valence-electron chi connectivity index (χ1n) is 9.66. The number of fused-ring (bicyclic) bond motifs is 1. The van der Waals surface area contributed by atoms with Crippen molar-refractivity contribution in [2.75, 3.05) is 16.9 Å². The Morgan fingerprint density at radius 2 is 1.97 bits per heavy atom. The summed E-state index contributed by atoms with van der Waals surface area (Å²) in [5, 5.41) is 13.9. The summed E-state index contributed by atoms with van der Waals surface area (Å²) in [6.45, 7) is 9.70. The summed E-state index contributed by atoms with van der Waals surface area (Å²) in [4.78, 5) is 13.3. The molecular weight excluding hydrogens is 386 g/mol. The number of rotatable bonds is 6. The van der Waals surface area contributed by atoms with E-state index < -0.39 is 5.97 Å². The summed E-state index contributed by atoms with van der Waals surface area (Å²) in [7, 11) is 0. The standard InChI is InChI=1S/C23H26ClN3O2/c1-5-10-27-21-12-20(24)17(11-19(21)15(2)13-23(27,3)4)14-25-26-18-8-6-16(7-9-18)22(28)29/h6-9,11-14,26H,5,10H2,1-4H3,(H,28,29)/b25-14+. The molecule has 0 spiro atoms. The molecule has 6 heteroatoms. The van der Waals surface area contributed by atoms with Crippen molar-refractivity contribution in [3.8, 4) is 0 Å². The Morgan fingerprint density at radius 1 is 1.28 bits per heavy atom. The van der Waals surface area contributed by atoms with Crippen molar-refractivity contribution in [1.29, 1.82) is 0 Å². The van der Waals surface area contributed by atoms with Gasteiger partial charge in [-0.25, -0.2) is 4.79 Å². The van der Waals surface area contributed by atoms with Crippen molar-refractivity contribution in [3.05, 3.63) is 64.2 Å². The molecule has 152 valence electrons. The Morgan fingerprint density at radius 3 is 2.59 bits per heavy atom. The van der Waals surface area contributed by atoms with Crippen LogP contribution in [0.15, 0.2) is 47.6 Å². The van der Waals surface area contributed by atoms with Crippen molar-refractivity contribution in [2.45, 2.75) is 39.7 Å². The lowest BCUT2D eigenvalue weighted by atomic mass is 9.88. The first-order valence-corrected chi connectivity index (χ1v) is 10.0. The van der Waals surface area contributed by atoms with Gasteiger partial charge in [0.05, 0.1) is 28.0 Å². The number of carbonyl (C=O) groups is 1. The van der Waals surface area contributed by atoms with E-state index in [0.29, 0.717) is 10.7 Å². The van der Waals surface area contributed by atoms with Gasteiger partial charge in [-0.05, 0) is 69.2 Å². The SMILES string of the molecule is CCCN1c2cc(Cl)c(/C=N/Nc3ccc(C(=O)O)cc3)cc2C(C)=CC1(C)C. The van der Waals surface area contributed by atoms with E-state index in [2.05, 4.69) is 55.3 Å². The van der Waals surface area contributed by atoms with E-state index in [1.165, 1.54) is 17.7 Å². The molecule has 0 atom stereocenters. The van der Waals surface area contributed by atoms with E-state index in [4.69, 9.17) is 16.7 Å². The van der Waals surface area contributed by atoms with Crippen molar-refractivity contribution in [1.82, 2.24) is 0 Å². The molecule has 3 rings (SSSR count). The lowest BCUT2D eigenvalue weighted by molar-refractivity contribution is 0.0697. The maximum atomic E-state index is 10.9. The number of carboxylic acid groups (broad SMARTS) is 1. The smallest absolute Gasteiger partial charge is 0.335 e. The van der Waals surface area contributed by atoms with Crippen LogP contribution in [0.3, 0.4) is 0 Å². The summed E-state index contributed by atoms with van der Waals surface area (Å²) in [6, 6.07) is 10.5. The largest absolute Gasteiger partial charge is 0.478 e. The number of benzene rings is 2. The van der Waals surface area contributed by atoms with Crippen LogP contribution >= 0.6 is 11.6 Å². The zero-order chi connectivity index (χ0) is 21.2. The third-order valence-electron chi connectivity index (χ3n) is 5.07. The van der Waals surface area contributed by atoms with Gasteiger partial charge in [0.2, 0.25) is 0 Å². The third kappa shape index (κ3) is 4.46. The number of carboxylic acids is 1. The van der Waals surface area contributed by atoms with Gasteiger partial charge in [0.15, 0.2) is 0 Å². The molecule has 2 aromatic carbocycles. The fraction of sp³-hybridized carbons (Fsp3) is 0.304. The topological polar surface area (TPSA) is 64.9 Å². The monoisotopic (exact) mass is 411 g/mol. The van der Waals surface area contributed by atoms with Gasteiger partial charge in [-0.3, -0.25) is 5.43 Å². The van der Waals surface area contributed by atoms with E-state index in [9.17, 15) is 4.79 Å². The lowest BCUT2D eigenvalue weighted by Gasteiger charge is -2.43. The van der Waals surface area contributed by atoms with Crippen molar-refractivity contribution in [3.63, 3.8) is 0 Å². The van der Waals surface area contributed by atoms with Gasteiger partial charge in [0.25, 0.3) is 0 Å². The fourth-order valence-electron chi connectivity index (χ4n) is 3.71. The molecule has 0 saturated heterocycles. The summed E-state index contributed by atoms with van der Waals surface area (Å²) < 4.78 is 0. The minimum atomic E-state index is -0.954. The zero-order valence-corrected chi connectivity index (χ0v) is 17.9. The van der Waals surface area contributed by atoms with Crippen LogP contribution in [0.2, 0.25) is 5.02 Å². The number of allylic oxidation sites excluding steroid dienone is 1. The number of hydrogen-bond donors (Lipinski definition) is 2. The minimum absolute atomic E-state index is 0.0598. The minimum Gasteiger partial charge on any atom is -0.478 e. The Labute approximate surface area is 176 Å². The molecule has 0 bridgehead atoms. The Kier molecular flexibility index (Phi) is 5.99. The predicted octanol–water partition coefficient (Wildman–Crippen LogP) is 5.90. The number of halogens is 1. The summed E-state index contributed by atoms with van der Waals surface area (Å²) in [5.74, 6) is -0.954. The second-order valence-electron chi connectivity index (χ2n) is 7.78. The fourth-order valence-corrected chi connectivity index (χ4v) is 3.92. The Hall–Kier alpha value is -2.79. The molecule has 0 radical (unpaired) electrons. The third-order valence-corrected chi connectivity index (χ3v) is 5.40. The average molecular weight is 412 g/mol. The molecular formula is C23H26ClN3O2. The molecule has 1 heterocycles. The summed E-state index contributed by atoms with van der Waals surface area (Å²) in [5.41, 5.74) is 8.15. The number of aromatic carboxylic acids is 1. The van der Waals surface area contributed by atoms with Gasteiger partial charge in [-0.15, -0.1) is 0 Å². The number of hydrogen-bond acceptors (Lipinski definition) is 4. The van der Waals surface area contributed by atoms with Gasteiger partial charge in [0.1, 0.15) is 0 Å². The van der Waals surface area contributed by atoms with Crippen molar-refractivity contribution in [2.24, 2.45) is 5.10 Å². The normalized spacial score (nSPS) is 15.2. The van der Waals surface area contributed by atoms with Crippen LogP contribution in [0, 0.1) is 0 Å². The molecule has 2 N–H and O–H groups in total. The molecule has 2 aromatic rings. The quantitative estimate of drug-likeness (QED) is 0.459. The van der Waals surface area contributed by atoms with Crippen LogP contribution < -0.4 is 10.3 Å². The maximum Gasteiger partial charge on any atom is 0.335 e. The van der Waals surface area contributed by atoms with E-state index in [1.54, 1.807) is 18.3 Å². The second kappa shape index (κ2) is 8.29. The molecule has 1 aliphatic rings. The highest BCUT2D eigenvalue weighted by atomic mass is 35.5. The van der Waals surface area contributed by atoms with E-state index in [1.807, 2.05) is 6.07 Å². The number of hydrazone groups is 1. The average Bonchev–Trinajstić information content (AvgIpc) is 2.66. The molecule has 0 saturated carbocycles. The first-order chi connectivity index (χ1) is 13.7. The molecule has 1 aliphatic heterocycles. The van der Waals surface area contributed by atoms with E-state index in [0.717, 1.165) is 29.8 Å². The van der Waals surface area contributed by atoms with Gasteiger partial charge < -0.3 is 10.0 Å².